The second kappa shape index (κ2) is 8.53. The third-order valence-corrected chi connectivity index (χ3v) is 5.39. The van der Waals surface area contributed by atoms with Crippen molar-refractivity contribution in [3.8, 4) is 0 Å². The van der Waals surface area contributed by atoms with Gasteiger partial charge in [-0.25, -0.2) is 0 Å². The molecule has 1 aliphatic rings. The van der Waals surface area contributed by atoms with Gasteiger partial charge in [-0.1, -0.05) is 41.5 Å². The third-order valence-electron chi connectivity index (χ3n) is 5.39. The summed E-state index contributed by atoms with van der Waals surface area (Å²) in [5.41, 5.74) is 0.446. The van der Waals surface area contributed by atoms with E-state index in [2.05, 4.69) is 46.9 Å². The number of rotatable bonds is 7. The Balaban J connectivity index is 2.64. The van der Waals surface area contributed by atoms with Gasteiger partial charge in [0.2, 0.25) is 0 Å². The molecule has 1 saturated carbocycles. The second-order valence-electron chi connectivity index (χ2n) is 8.78. The standard InChI is InChI=1S/C19H39NO/c1-14(2)11-20-12-16-8-9-17(19(4,5)6)10-18(16)15(3)13-21-7/h14-18,20H,8-13H2,1-7H3. The highest BCUT2D eigenvalue weighted by Crippen LogP contribution is 2.45. The first kappa shape index (κ1) is 19.0. The van der Waals surface area contributed by atoms with Crippen LogP contribution in [0.4, 0.5) is 0 Å². The average Bonchev–Trinajstić information content (AvgIpc) is 2.37. The van der Waals surface area contributed by atoms with Gasteiger partial charge in [0.25, 0.3) is 0 Å². The summed E-state index contributed by atoms with van der Waals surface area (Å²) in [6.07, 6.45) is 4.15. The lowest BCUT2D eigenvalue weighted by Gasteiger charge is -2.44. The maximum absolute atomic E-state index is 5.45. The predicted octanol–water partition coefficient (Wildman–Crippen LogP) is 4.59. The van der Waals surface area contributed by atoms with Crippen LogP contribution in [0.25, 0.3) is 0 Å². The molecule has 0 amide bonds. The Labute approximate surface area is 133 Å². The largest absolute Gasteiger partial charge is 0.384 e. The van der Waals surface area contributed by atoms with Crippen molar-refractivity contribution in [2.75, 3.05) is 26.8 Å². The number of nitrogens with one attached hydrogen (secondary N) is 1. The van der Waals surface area contributed by atoms with Gasteiger partial charge in [-0.05, 0) is 67.4 Å². The zero-order chi connectivity index (χ0) is 16.0. The SMILES string of the molecule is COCC(C)C1CC(C(C)(C)C)CCC1CNCC(C)C. The average molecular weight is 298 g/mol. The molecule has 1 aliphatic carbocycles. The first-order chi connectivity index (χ1) is 9.75. The smallest absolute Gasteiger partial charge is 0.0490 e. The van der Waals surface area contributed by atoms with Gasteiger partial charge in [-0.3, -0.25) is 0 Å². The van der Waals surface area contributed by atoms with E-state index in [1.54, 1.807) is 0 Å². The molecule has 0 spiro atoms. The van der Waals surface area contributed by atoms with E-state index in [0.29, 0.717) is 11.3 Å². The van der Waals surface area contributed by atoms with E-state index < -0.39 is 0 Å². The molecule has 126 valence electrons. The highest BCUT2D eigenvalue weighted by Gasteiger charge is 2.37. The summed E-state index contributed by atoms with van der Waals surface area (Å²) in [5, 5.41) is 3.69. The zero-order valence-electron chi connectivity index (χ0n) is 15.5. The molecule has 0 aromatic heterocycles. The van der Waals surface area contributed by atoms with Crippen molar-refractivity contribution in [1.82, 2.24) is 5.32 Å². The minimum Gasteiger partial charge on any atom is -0.384 e. The van der Waals surface area contributed by atoms with Gasteiger partial charge in [0, 0.05) is 13.7 Å². The number of hydrogen-bond acceptors (Lipinski definition) is 2. The van der Waals surface area contributed by atoms with E-state index in [9.17, 15) is 0 Å². The van der Waals surface area contributed by atoms with Crippen LogP contribution in [0.3, 0.4) is 0 Å². The van der Waals surface area contributed by atoms with E-state index >= 15 is 0 Å². The van der Waals surface area contributed by atoms with E-state index in [1.165, 1.54) is 25.8 Å². The van der Waals surface area contributed by atoms with Crippen molar-refractivity contribution in [2.24, 2.45) is 35.0 Å². The highest BCUT2D eigenvalue weighted by atomic mass is 16.5. The number of methoxy groups -OCH3 is 1. The van der Waals surface area contributed by atoms with Gasteiger partial charge < -0.3 is 10.1 Å². The molecule has 0 saturated heterocycles. The van der Waals surface area contributed by atoms with E-state index in [1.807, 2.05) is 7.11 Å². The summed E-state index contributed by atoms with van der Waals surface area (Å²) >= 11 is 0. The molecule has 4 unspecified atom stereocenters. The molecule has 4 atom stereocenters. The Kier molecular flexibility index (Phi) is 7.70. The minimum atomic E-state index is 0.446. The monoisotopic (exact) mass is 297 g/mol. The quantitative estimate of drug-likeness (QED) is 0.742. The molecule has 1 fully saturated rings. The summed E-state index contributed by atoms with van der Waals surface area (Å²) in [5.74, 6) is 3.91. The van der Waals surface area contributed by atoms with Crippen molar-refractivity contribution >= 4 is 0 Å². The van der Waals surface area contributed by atoms with Gasteiger partial charge in [0.05, 0.1) is 0 Å². The Morgan fingerprint density at radius 1 is 1.14 bits per heavy atom. The minimum absolute atomic E-state index is 0.446. The molecule has 0 bridgehead atoms. The Morgan fingerprint density at radius 3 is 2.33 bits per heavy atom. The molecule has 0 heterocycles. The molecule has 2 heteroatoms. The van der Waals surface area contributed by atoms with Gasteiger partial charge in [0.1, 0.15) is 0 Å². The molecule has 2 nitrogen and oxygen atoms in total. The van der Waals surface area contributed by atoms with E-state index in [-0.39, 0.29) is 0 Å². The molecular formula is C19H39NO. The molecule has 1 rings (SSSR count). The lowest BCUT2D eigenvalue weighted by Crippen LogP contribution is -2.40. The number of ether oxygens (including phenoxy) is 1. The van der Waals surface area contributed by atoms with Crippen LogP contribution in [0, 0.1) is 35.0 Å². The van der Waals surface area contributed by atoms with Crippen LogP contribution in [0.1, 0.15) is 60.8 Å². The van der Waals surface area contributed by atoms with Crippen molar-refractivity contribution in [3.63, 3.8) is 0 Å². The Bertz CT molecular complexity index is 282. The van der Waals surface area contributed by atoms with Gasteiger partial charge >= 0.3 is 0 Å². The van der Waals surface area contributed by atoms with Crippen molar-refractivity contribution < 1.29 is 4.74 Å². The van der Waals surface area contributed by atoms with E-state index in [0.717, 1.165) is 36.8 Å². The van der Waals surface area contributed by atoms with Crippen LogP contribution in [-0.2, 0) is 4.74 Å². The molecule has 0 radical (unpaired) electrons. The van der Waals surface area contributed by atoms with Crippen LogP contribution in [-0.4, -0.2) is 26.8 Å². The third kappa shape index (κ3) is 6.28. The van der Waals surface area contributed by atoms with Crippen molar-refractivity contribution in [2.45, 2.75) is 60.8 Å². The highest BCUT2D eigenvalue weighted by molar-refractivity contribution is 4.88. The van der Waals surface area contributed by atoms with E-state index in [4.69, 9.17) is 4.74 Å². The van der Waals surface area contributed by atoms with Crippen molar-refractivity contribution in [3.05, 3.63) is 0 Å². The Morgan fingerprint density at radius 2 is 1.81 bits per heavy atom. The molecule has 1 N–H and O–H groups in total. The Hall–Kier alpha value is -0.0800. The van der Waals surface area contributed by atoms with Crippen LogP contribution in [0.15, 0.2) is 0 Å². The lowest BCUT2D eigenvalue weighted by atomic mass is 9.63. The first-order valence-corrected chi connectivity index (χ1v) is 8.95. The topological polar surface area (TPSA) is 21.3 Å². The van der Waals surface area contributed by atoms with Crippen LogP contribution < -0.4 is 5.32 Å². The fourth-order valence-electron chi connectivity index (χ4n) is 3.95. The fourth-order valence-corrected chi connectivity index (χ4v) is 3.95. The lowest BCUT2D eigenvalue weighted by molar-refractivity contribution is 0.0362. The molecule has 0 aliphatic heterocycles. The summed E-state index contributed by atoms with van der Waals surface area (Å²) in [6, 6.07) is 0. The van der Waals surface area contributed by atoms with Crippen LogP contribution >= 0.6 is 0 Å². The molecular weight excluding hydrogens is 258 g/mol. The van der Waals surface area contributed by atoms with Crippen molar-refractivity contribution in [1.29, 1.82) is 0 Å². The predicted molar refractivity (Wildman–Crippen MR) is 92.5 cm³/mol. The molecule has 21 heavy (non-hydrogen) atoms. The maximum Gasteiger partial charge on any atom is 0.0490 e. The number of hydrogen-bond donors (Lipinski definition) is 1. The molecule has 0 aromatic rings. The zero-order valence-corrected chi connectivity index (χ0v) is 15.5. The maximum atomic E-state index is 5.45. The first-order valence-electron chi connectivity index (χ1n) is 8.95. The van der Waals surface area contributed by atoms with Crippen LogP contribution in [0.5, 0.6) is 0 Å². The van der Waals surface area contributed by atoms with Gasteiger partial charge in [-0.2, -0.15) is 0 Å². The second-order valence-corrected chi connectivity index (χ2v) is 8.78. The van der Waals surface area contributed by atoms with Gasteiger partial charge in [-0.15, -0.1) is 0 Å². The van der Waals surface area contributed by atoms with Crippen LogP contribution in [0.2, 0.25) is 0 Å². The van der Waals surface area contributed by atoms with Gasteiger partial charge in [0.15, 0.2) is 0 Å². The molecule has 0 aromatic carbocycles. The normalized spacial score (nSPS) is 28.9. The summed E-state index contributed by atoms with van der Waals surface area (Å²) < 4.78 is 5.45. The summed E-state index contributed by atoms with van der Waals surface area (Å²) in [6.45, 7) is 17.4. The summed E-state index contributed by atoms with van der Waals surface area (Å²) in [4.78, 5) is 0. The summed E-state index contributed by atoms with van der Waals surface area (Å²) in [7, 11) is 1.84. The fraction of sp³-hybridized carbons (Fsp3) is 1.00.